The molecular formula is C44H60ClN3O11. The van der Waals surface area contributed by atoms with Gasteiger partial charge in [0.15, 0.2) is 0 Å². The zero-order valence-electron chi connectivity index (χ0n) is 34.7. The predicted molar refractivity (Wildman–Crippen MR) is 225 cm³/mol. The van der Waals surface area contributed by atoms with Crippen LogP contribution in [-0.2, 0) is 14.3 Å². The van der Waals surface area contributed by atoms with E-state index in [1.165, 1.54) is 7.11 Å². The monoisotopic (exact) mass is 841 g/mol. The summed E-state index contributed by atoms with van der Waals surface area (Å²) in [5.41, 5.74) is 2.76. The number of benzene rings is 2. The number of amides is 2. The first kappa shape index (κ1) is 45.6. The van der Waals surface area contributed by atoms with Crippen molar-refractivity contribution in [1.82, 2.24) is 4.90 Å². The minimum absolute atomic E-state index is 0.0223. The molecule has 0 bridgehead atoms. The van der Waals surface area contributed by atoms with Crippen LogP contribution in [0.3, 0.4) is 0 Å². The van der Waals surface area contributed by atoms with Crippen LogP contribution in [0.2, 0.25) is 0 Å². The van der Waals surface area contributed by atoms with Gasteiger partial charge < -0.3 is 43.5 Å². The van der Waals surface area contributed by atoms with E-state index in [1.54, 1.807) is 48.4 Å². The highest BCUT2D eigenvalue weighted by atomic mass is 35.5. The van der Waals surface area contributed by atoms with Gasteiger partial charge in [-0.25, -0.2) is 9.59 Å². The zero-order chi connectivity index (χ0) is 42.4. The molecular weight excluding hydrogens is 782 g/mol. The first-order valence-electron chi connectivity index (χ1n) is 20.6. The number of allylic oxidation sites excluding steroid dienone is 1. The first-order chi connectivity index (χ1) is 28.7. The normalized spacial score (nSPS) is 23.5. The standard InChI is InChI=1S/C44H60ClN3O11/c1-6-20-48(43(52)55-24-19-45)39-28-36(47-57-8-3)33-25-29(13-9-11-21-49)32(14-10-12-22-50)40-34-26-31(16-18-37(34)59-44(39,41(33)40)56-23-7-2)58-42(51)46-35-17-15-30(53-4)27-38(35)54-5/h7,15-18,25-27,29,32,39-41,49-50H,2,6,8-14,19-24,28H2,1,3-5H3,(H,46,51). The molecule has 1 fully saturated rings. The Morgan fingerprint density at radius 1 is 1.05 bits per heavy atom. The number of ether oxygens (including phenoxy) is 6. The quantitative estimate of drug-likeness (QED) is 0.0454. The average molecular weight is 842 g/mol. The summed E-state index contributed by atoms with van der Waals surface area (Å²) in [6, 6.07) is 9.60. The minimum atomic E-state index is -1.45. The molecule has 1 aliphatic heterocycles. The number of methoxy groups -OCH3 is 2. The summed E-state index contributed by atoms with van der Waals surface area (Å²) in [5, 5.41) is 27.2. The molecule has 5 rings (SSSR count). The Kier molecular flexibility index (Phi) is 17.2. The van der Waals surface area contributed by atoms with E-state index >= 15 is 0 Å². The summed E-state index contributed by atoms with van der Waals surface area (Å²) in [6.07, 6.45) is 7.85. The molecule has 6 atom stereocenters. The van der Waals surface area contributed by atoms with Gasteiger partial charge in [-0.15, -0.1) is 18.2 Å². The van der Waals surface area contributed by atoms with Crippen LogP contribution in [0.1, 0.15) is 76.7 Å². The number of carbonyl (C=O) groups is 2. The molecule has 0 aromatic heterocycles. The Balaban J connectivity index is 1.70. The summed E-state index contributed by atoms with van der Waals surface area (Å²) in [4.78, 5) is 34.9. The van der Waals surface area contributed by atoms with Crippen LogP contribution < -0.4 is 24.3 Å². The maximum absolute atomic E-state index is 14.0. The second-order valence-electron chi connectivity index (χ2n) is 14.8. The summed E-state index contributed by atoms with van der Waals surface area (Å²) < 4.78 is 36.5. The third-order valence-corrected chi connectivity index (χ3v) is 11.3. The molecule has 14 nitrogen and oxygen atoms in total. The van der Waals surface area contributed by atoms with E-state index in [1.807, 2.05) is 19.9 Å². The van der Waals surface area contributed by atoms with Crippen molar-refractivity contribution in [2.24, 2.45) is 22.9 Å². The van der Waals surface area contributed by atoms with Crippen LogP contribution in [0.4, 0.5) is 15.3 Å². The van der Waals surface area contributed by atoms with Gasteiger partial charge in [-0.1, -0.05) is 37.1 Å². The van der Waals surface area contributed by atoms with Crippen LogP contribution in [0.25, 0.3) is 0 Å². The highest BCUT2D eigenvalue weighted by molar-refractivity contribution is 6.18. The van der Waals surface area contributed by atoms with E-state index in [0.29, 0.717) is 61.1 Å². The Morgan fingerprint density at radius 3 is 2.49 bits per heavy atom. The zero-order valence-corrected chi connectivity index (χ0v) is 35.4. The fraction of sp³-hybridized carbons (Fsp3) is 0.568. The molecule has 59 heavy (non-hydrogen) atoms. The van der Waals surface area contributed by atoms with Crippen LogP contribution in [0, 0.1) is 17.8 Å². The summed E-state index contributed by atoms with van der Waals surface area (Å²) in [6.45, 7) is 8.76. The molecule has 2 aliphatic carbocycles. The number of carbonyl (C=O) groups excluding carboxylic acids is 2. The van der Waals surface area contributed by atoms with Crippen LogP contribution >= 0.6 is 11.6 Å². The third-order valence-electron chi connectivity index (χ3n) is 11.2. The molecule has 324 valence electrons. The molecule has 3 aliphatic rings. The van der Waals surface area contributed by atoms with E-state index in [9.17, 15) is 19.8 Å². The van der Waals surface area contributed by atoms with Crippen molar-refractivity contribution in [3.63, 3.8) is 0 Å². The third kappa shape index (κ3) is 10.5. The Bertz CT molecular complexity index is 1790. The number of hydrogen-bond donors (Lipinski definition) is 3. The van der Waals surface area contributed by atoms with Crippen LogP contribution in [0.15, 0.2) is 65.9 Å². The van der Waals surface area contributed by atoms with Crippen molar-refractivity contribution < 1.29 is 53.1 Å². The number of halogens is 1. The second kappa shape index (κ2) is 22.2. The number of nitrogens with one attached hydrogen (secondary N) is 1. The van der Waals surface area contributed by atoms with E-state index < -0.39 is 29.9 Å². The van der Waals surface area contributed by atoms with Crippen molar-refractivity contribution in [1.29, 1.82) is 0 Å². The lowest BCUT2D eigenvalue weighted by Crippen LogP contribution is -2.70. The van der Waals surface area contributed by atoms with Crippen molar-refractivity contribution in [2.45, 2.75) is 83.0 Å². The topological polar surface area (TPSA) is 167 Å². The van der Waals surface area contributed by atoms with E-state index in [4.69, 9.17) is 50.0 Å². The number of rotatable bonds is 22. The van der Waals surface area contributed by atoms with Gasteiger partial charge in [0.2, 0.25) is 5.79 Å². The molecule has 3 N–H and O–H groups in total. The van der Waals surface area contributed by atoms with E-state index in [0.717, 1.165) is 36.8 Å². The molecule has 15 heteroatoms. The van der Waals surface area contributed by atoms with Gasteiger partial charge in [-0.3, -0.25) is 10.2 Å². The lowest BCUT2D eigenvalue weighted by Gasteiger charge is -2.59. The van der Waals surface area contributed by atoms with Crippen molar-refractivity contribution in [3.8, 4) is 23.0 Å². The molecule has 0 spiro atoms. The number of alkyl halides is 1. The number of fused-ring (bicyclic) bond motifs is 2. The lowest BCUT2D eigenvalue weighted by atomic mass is 9.55. The predicted octanol–water partition coefficient (Wildman–Crippen LogP) is 8.06. The van der Waals surface area contributed by atoms with Gasteiger partial charge in [0.05, 0.1) is 44.0 Å². The van der Waals surface area contributed by atoms with Gasteiger partial charge in [0.1, 0.15) is 42.3 Å². The summed E-state index contributed by atoms with van der Waals surface area (Å²) >= 11 is 5.98. The number of aliphatic hydroxyl groups excluding tert-OH is 2. The first-order valence-corrected chi connectivity index (χ1v) is 21.2. The maximum atomic E-state index is 14.0. The Hall–Kier alpha value is -4.50. The fourth-order valence-electron chi connectivity index (χ4n) is 8.82. The molecule has 2 aromatic rings. The second-order valence-corrected chi connectivity index (χ2v) is 15.1. The Morgan fingerprint density at radius 2 is 1.81 bits per heavy atom. The summed E-state index contributed by atoms with van der Waals surface area (Å²) in [7, 11) is 3.04. The number of aliphatic hydroxyl groups is 2. The highest BCUT2D eigenvalue weighted by Crippen LogP contribution is 2.62. The number of unbranched alkanes of at least 4 members (excludes halogenated alkanes) is 2. The average Bonchev–Trinajstić information content (AvgIpc) is 3.24. The van der Waals surface area contributed by atoms with Gasteiger partial charge >= 0.3 is 12.2 Å². The lowest BCUT2D eigenvalue weighted by molar-refractivity contribution is -0.255. The molecule has 1 heterocycles. The largest absolute Gasteiger partial charge is 0.497 e. The highest BCUT2D eigenvalue weighted by Gasteiger charge is 2.65. The molecule has 0 radical (unpaired) electrons. The van der Waals surface area contributed by atoms with Crippen molar-refractivity contribution >= 4 is 35.2 Å². The maximum Gasteiger partial charge on any atom is 0.417 e. The number of nitrogens with zero attached hydrogens (tertiary/aromatic N) is 2. The van der Waals surface area contributed by atoms with Crippen LogP contribution in [-0.4, -0.2) is 105 Å². The van der Waals surface area contributed by atoms with Crippen molar-refractivity contribution in [3.05, 3.63) is 66.3 Å². The molecule has 2 amide bonds. The van der Waals surface area contributed by atoms with E-state index in [2.05, 4.69) is 18.0 Å². The fourth-order valence-corrected chi connectivity index (χ4v) is 8.90. The number of hydrogen-bond acceptors (Lipinski definition) is 12. The molecule has 1 saturated carbocycles. The SMILES string of the molecule is C=CCOC12Oc3ccc(OC(=O)Nc4ccc(OC)cc4OC)cc3C3C(CCCCO)C(CCCCO)C=C(C(=NOCC)CC1N(CCC)C(=O)OCCCl)C32. The van der Waals surface area contributed by atoms with E-state index in [-0.39, 0.29) is 62.2 Å². The molecule has 6 unspecified atom stereocenters. The summed E-state index contributed by atoms with van der Waals surface area (Å²) in [5.74, 6) is -0.391. The van der Waals surface area contributed by atoms with Gasteiger partial charge in [0.25, 0.3) is 0 Å². The molecule has 0 saturated heterocycles. The minimum Gasteiger partial charge on any atom is -0.497 e. The van der Waals surface area contributed by atoms with Gasteiger partial charge in [-0.2, -0.15) is 0 Å². The molecule has 2 aromatic carbocycles. The van der Waals surface area contributed by atoms with Crippen molar-refractivity contribution in [2.75, 3.05) is 65.0 Å². The Labute approximate surface area is 352 Å². The van der Waals surface area contributed by atoms with Gasteiger partial charge in [0, 0.05) is 43.7 Å². The number of anilines is 1. The van der Waals surface area contributed by atoms with Gasteiger partial charge in [-0.05, 0) is 86.8 Å². The number of oxime groups is 1. The van der Waals surface area contributed by atoms with Crippen LogP contribution in [0.5, 0.6) is 23.0 Å². The smallest absolute Gasteiger partial charge is 0.417 e.